The van der Waals surface area contributed by atoms with E-state index in [-0.39, 0.29) is 5.82 Å². The van der Waals surface area contributed by atoms with Gasteiger partial charge in [0.15, 0.2) is 5.82 Å². The first kappa shape index (κ1) is 13.2. The van der Waals surface area contributed by atoms with Crippen molar-refractivity contribution >= 4 is 22.4 Å². The largest absolute Gasteiger partial charge is 0.494 e. The van der Waals surface area contributed by atoms with Crippen molar-refractivity contribution in [3.8, 4) is 11.8 Å². The summed E-state index contributed by atoms with van der Waals surface area (Å²) in [5, 5.41) is 12.8. The van der Waals surface area contributed by atoms with Crippen LogP contribution in [0.5, 0.6) is 5.75 Å². The molecule has 0 unspecified atom stereocenters. The van der Waals surface area contributed by atoms with Gasteiger partial charge in [-0.2, -0.15) is 9.64 Å². The first-order valence-electron chi connectivity index (χ1n) is 5.88. The standard InChI is InChI=1S/C13H14N4OS/c14-9-11-12(15)17-19-13(11)16-7-4-8-18-10-5-2-1-3-6-10/h1-3,5-6,16H,4,7-8H2,(H2,15,17). The number of nitriles is 1. The molecular formula is C13H14N4OS. The summed E-state index contributed by atoms with van der Waals surface area (Å²) in [5.74, 6) is 1.15. The second kappa shape index (κ2) is 6.61. The molecule has 0 radical (unpaired) electrons. The van der Waals surface area contributed by atoms with E-state index in [2.05, 4.69) is 9.69 Å². The minimum Gasteiger partial charge on any atom is -0.494 e. The van der Waals surface area contributed by atoms with Gasteiger partial charge in [0.2, 0.25) is 0 Å². The summed E-state index contributed by atoms with van der Waals surface area (Å²) in [6.45, 7) is 1.33. The maximum Gasteiger partial charge on any atom is 0.157 e. The average molecular weight is 274 g/mol. The van der Waals surface area contributed by atoms with Crippen molar-refractivity contribution in [1.82, 2.24) is 4.37 Å². The third kappa shape index (κ3) is 3.60. The van der Waals surface area contributed by atoms with Crippen molar-refractivity contribution in [2.75, 3.05) is 24.2 Å². The van der Waals surface area contributed by atoms with Gasteiger partial charge in [0.05, 0.1) is 6.61 Å². The molecule has 2 aromatic rings. The van der Waals surface area contributed by atoms with Crippen molar-refractivity contribution in [3.63, 3.8) is 0 Å². The quantitative estimate of drug-likeness (QED) is 0.790. The lowest BCUT2D eigenvalue weighted by Crippen LogP contribution is -2.07. The Morgan fingerprint density at radius 2 is 2.16 bits per heavy atom. The fourth-order valence-corrected chi connectivity index (χ4v) is 2.20. The van der Waals surface area contributed by atoms with Crippen LogP contribution < -0.4 is 15.8 Å². The molecule has 0 atom stereocenters. The summed E-state index contributed by atoms with van der Waals surface area (Å²) < 4.78 is 9.50. The molecule has 3 N–H and O–H groups in total. The Labute approximate surface area is 115 Å². The van der Waals surface area contributed by atoms with Gasteiger partial charge in [-0.3, -0.25) is 0 Å². The predicted octanol–water partition coefficient (Wildman–Crippen LogP) is 2.48. The zero-order chi connectivity index (χ0) is 13.5. The molecule has 1 heterocycles. The van der Waals surface area contributed by atoms with Crippen LogP contribution in [0.1, 0.15) is 12.0 Å². The van der Waals surface area contributed by atoms with Crippen LogP contribution in [0.3, 0.4) is 0 Å². The van der Waals surface area contributed by atoms with Crippen LogP contribution in [0.4, 0.5) is 10.8 Å². The summed E-state index contributed by atoms with van der Waals surface area (Å²) in [6.07, 6.45) is 0.831. The summed E-state index contributed by atoms with van der Waals surface area (Å²) in [5.41, 5.74) is 6.00. The minimum absolute atomic E-state index is 0.288. The van der Waals surface area contributed by atoms with Crippen molar-refractivity contribution in [2.45, 2.75) is 6.42 Å². The van der Waals surface area contributed by atoms with Gasteiger partial charge in [-0.05, 0) is 30.1 Å². The van der Waals surface area contributed by atoms with Gasteiger partial charge in [-0.1, -0.05) is 18.2 Å². The van der Waals surface area contributed by atoms with Gasteiger partial charge < -0.3 is 15.8 Å². The number of nitrogens with two attached hydrogens (primary N) is 1. The first-order chi connectivity index (χ1) is 9.31. The van der Waals surface area contributed by atoms with E-state index in [0.717, 1.165) is 17.2 Å². The maximum absolute atomic E-state index is 8.91. The Hall–Kier alpha value is -2.26. The van der Waals surface area contributed by atoms with Crippen LogP contribution in [-0.2, 0) is 0 Å². The molecule has 19 heavy (non-hydrogen) atoms. The van der Waals surface area contributed by atoms with Crippen LogP contribution in [-0.4, -0.2) is 17.5 Å². The number of nitrogens with zero attached hydrogens (tertiary/aromatic N) is 2. The van der Waals surface area contributed by atoms with Crippen LogP contribution in [0.25, 0.3) is 0 Å². The van der Waals surface area contributed by atoms with Gasteiger partial charge in [-0.15, -0.1) is 0 Å². The lowest BCUT2D eigenvalue weighted by atomic mass is 10.3. The Morgan fingerprint density at radius 3 is 2.89 bits per heavy atom. The molecule has 1 aromatic heterocycles. The maximum atomic E-state index is 8.91. The minimum atomic E-state index is 0.288. The molecule has 0 bridgehead atoms. The molecule has 0 aliphatic heterocycles. The SMILES string of the molecule is N#Cc1c(N)nsc1NCCCOc1ccccc1. The van der Waals surface area contributed by atoms with Crippen molar-refractivity contribution < 1.29 is 4.74 Å². The van der Waals surface area contributed by atoms with Gasteiger partial charge in [-0.25, -0.2) is 0 Å². The summed E-state index contributed by atoms with van der Waals surface area (Å²) in [4.78, 5) is 0. The molecule has 0 saturated heterocycles. The van der Waals surface area contributed by atoms with Crippen molar-refractivity contribution in [3.05, 3.63) is 35.9 Å². The zero-order valence-corrected chi connectivity index (χ0v) is 11.1. The fraction of sp³-hybridized carbons (Fsp3) is 0.231. The zero-order valence-electron chi connectivity index (χ0n) is 10.3. The van der Waals surface area contributed by atoms with E-state index < -0.39 is 0 Å². The van der Waals surface area contributed by atoms with Crippen molar-refractivity contribution in [2.24, 2.45) is 0 Å². The molecule has 98 valence electrons. The second-order valence-corrected chi connectivity index (χ2v) is 4.60. The first-order valence-corrected chi connectivity index (χ1v) is 6.65. The normalized spacial score (nSPS) is 9.84. The van der Waals surface area contributed by atoms with Crippen LogP contribution in [0, 0.1) is 11.3 Å². The average Bonchev–Trinajstić information content (AvgIpc) is 2.80. The molecule has 0 fully saturated rings. The molecule has 1 aromatic carbocycles. The second-order valence-electron chi connectivity index (χ2n) is 3.83. The number of para-hydroxylation sites is 1. The number of nitrogen functional groups attached to an aromatic ring is 1. The molecule has 0 saturated carbocycles. The van der Waals surface area contributed by atoms with E-state index in [1.165, 1.54) is 11.5 Å². The number of anilines is 2. The number of benzene rings is 1. The highest BCUT2D eigenvalue weighted by atomic mass is 32.1. The number of nitrogens with one attached hydrogen (secondary N) is 1. The van der Waals surface area contributed by atoms with Gasteiger partial charge in [0, 0.05) is 6.54 Å². The Bertz CT molecular complexity index is 562. The van der Waals surface area contributed by atoms with E-state index in [9.17, 15) is 0 Å². The monoisotopic (exact) mass is 274 g/mol. The van der Waals surface area contributed by atoms with E-state index >= 15 is 0 Å². The third-order valence-corrected chi connectivity index (χ3v) is 3.27. The van der Waals surface area contributed by atoms with Crippen LogP contribution in [0.15, 0.2) is 30.3 Å². The van der Waals surface area contributed by atoms with Crippen LogP contribution >= 0.6 is 11.5 Å². The summed E-state index contributed by atoms with van der Waals surface area (Å²) in [7, 11) is 0. The van der Waals surface area contributed by atoms with E-state index in [4.69, 9.17) is 15.7 Å². The van der Waals surface area contributed by atoms with Gasteiger partial charge >= 0.3 is 0 Å². The molecule has 0 aliphatic rings. The van der Waals surface area contributed by atoms with E-state index in [0.29, 0.717) is 18.7 Å². The molecule has 6 heteroatoms. The number of hydrogen-bond acceptors (Lipinski definition) is 6. The topological polar surface area (TPSA) is 84.0 Å². The van der Waals surface area contributed by atoms with Gasteiger partial charge in [0.25, 0.3) is 0 Å². The van der Waals surface area contributed by atoms with E-state index in [1.54, 1.807) is 0 Å². The number of rotatable bonds is 6. The van der Waals surface area contributed by atoms with E-state index in [1.807, 2.05) is 36.4 Å². The number of hydrogen-bond donors (Lipinski definition) is 2. The van der Waals surface area contributed by atoms with Crippen molar-refractivity contribution in [1.29, 1.82) is 5.26 Å². The lowest BCUT2D eigenvalue weighted by Gasteiger charge is -2.06. The molecule has 2 rings (SSSR count). The highest BCUT2D eigenvalue weighted by molar-refractivity contribution is 7.10. The third-order valence-electron chi connectivity index (χ3n) is 2.45. The summed E-state index contributed by atoms with van der Waals surface area (Å²) >= 11 is 1.21. The van der Waals surface area contributed by atoms with Gasteiger partial charge in [0.1, 0.15) is 22.4 Å². The Kier molecular flexibility index (Phi) is 4.59. The predicted molar refractivity (Wildman–Crippen MR) is 76.3 cm³/mol. The highest BCUT2D eigenvalue weighted by Gasteiger charge is 2.09. The molecule has 0 amide bonds. The summed E-state index contributed by atoms with van der Waals surface area (Å²) in [6, 6.07) is 11.7. The number of ether oxygens (including phenoxy) is 1. The molecular weight excluding hydrogens is 260 g/mol. The Balaban J connectivity index is 1.71. The number of aromatic nitrogens is 1. The lowest BCUT2D eigenvalue weighted by molar-refractivity contribution is 0.315. The molecule has 0 aliphatic carbocycles. The van der Waals surface area contributed by atoms with Crippen LogP contribution in [0.2, 0.25) is 0 Å². The highest BCUT2D eigenvalue weighted by Crippen LogP contribution is 2.25. The smallest absolute Gasteiger partial charge is 0.157 e. The molecule has 0 spiro atoms. The Morgan fingerprint density at radius 1 is 1.37 bits per heavy atom. The molecule has 5 nitrogen and oxygen atoms in total. The fourth-order valence-electron chi connectivity index (χ4n) is 1.51.